The lowest BCUT2D eigenvalue weighted by Gasteiger charge is -2.41. The van der Waals surface area contributed by atoms with Gasteiger partial charge in [-0.2, -0.15) is 0 Å². The number of fused-ring (bicyclic) bond motifs is 1. The lowest BCUT2D eigenvalue weighted by molar-refractivity contribution is -0.124. The average molecular weight is 395 g/mol. The molecule has 2 aromatic rings. The monoisotopic (exact) mass is 395 g/mol. The Balaban J connectivity index is 2.08. The summed E-state index contributed by atoms with van der Waals surface area (Å²) in [5.41, 5.74) is 4.58. The molecule has 1 amide bonds. The molecule has 1 aromatic heterocycles. The van der Waals surface area contributed by atoms with Gasteiger partial charge in [0.25, 0.3) is 5.56 Å². The van der Waals surface area contributed by atoms with Crippen molar-refractivity contribution in [3.05, 3.63) is 68.4 Å². The van der Waals surface area contributed by atoms with E-state index in [-0.39, 0.29) is 17.4 Å². The van der Waals surface area contributed by atoms with Crippen LogP contribution in [0.25, 0.3) is 5.76 Å². The Bertz CT molecular complexity index is 1110. The number of carbonyl (C=O) groups is 1. The quantitative estimate of drug-likeness (QED) is 0.857. The summed E-state index contributed by atoms with van der Waals surface area (Å²) in [6.07, 6.45) is 6.32. The first-order valence-corrected chi connectivity index (χ1v) is 9.94. The number of benzene rings is 1. The smallest absolute Gasteiger partial charge is 0.333 e. The van der Waals surface area contributed by atoms with Crippen molar-refractivity contribution in [1.29, 1.82) is 0 Å². The molecule has 0 bridgehead atoms. The van der Waals surface area contributed by atoms with E-state index in [1.54, 1.807) is 13.1 Å². The van der Waals surface area contributed by atoms with E-state index >= 15 is 0 Å². The molecule has 1 aromatic carbocycles. The molecule has 1 aliphatic carbocycles. The molecule has 0 radical (unpaired) electrons. The molecule has 2 N–H and O–H groups in total. The Morgan fingerprint density at radius 3 is 2.34 bits per heavy atom. The van der Waals surface area contributed by atoms with Gasteiger partial charge in [0.15, 0.2) is 0 Å². The van der Waals surface area contributed by atoms with Crippen molar-refractivity contribution in [3.63, 3.8) is 0 Å². The highest BCUT2D eigenvalue weighted by Crippen LogP contribution is 2.48. The van der Waals surface area contributed by atoms with Gasteiger partial charge >= 0.3 is 5.69 Å². The van der Waals surface area contributed by atoms with Crippen LogP contribution < -0.4 is 21.7 Å². The summed E-state index contributed by atoms with van der Waals surface area (Å²) in [5, 5.41) is 0. The number of hydrogen-bond acceptors (Lipinski definition) is 4. The third-order valence-electron chi connectivity index (χ3n) is 6.31. The molecule has 1 aliphatic heterocycles. The standard InChI is InChI=1S/C22H25N3O4/c1-24-18(26)17-19(25(2)21(24)28)29-16(14-9-5-3-6-10-14)13-22(17,20(23)27)15-11-7-4-8-12-15/h3,5-6,9-10,13,15H,4,7-8,11-12H2,1-2H3,(H2,23,27). The van der Waals surface area contributed by atoms with Crippen LogP contribution in [-0.4, -0.2) is 15.0 Å². The van der Waals surface area contributed by atoms with Crippen molar-refractivity contribution in [2.24, 2.45) is 25.7 Å². The van der Waals surface area contributed by atoms with Crippen LogP contribution in [0.15, 0.2) is 46.0 Å². The zero-order chi connectivity index (χ0) is 20.8. The average Bonchev–Trinajstić information content (AvgIpc) is 2.76. The first-order chi connectivity index (χ1) is 13.9. The number of primary amides is 1. The second-order valence-electron chi connectivity index (χ2n) is 7.93. The highest BCUT2D eigenvalue weighted by atomic mass is 16.5. The number of hydrogen-bond donors (Lipinski definition) is 1. The van der Waals surface area contributed by atoms with Gasteiger partial charge in [-0.05, 0) is 24.8 Å². The third-order valence-corrected chi connectivity index (χ3v) is 6.31. The van der Waals surface area contributed by atoms with E-state index in [9.17, 15) is 14.4 Å². The fourth-order valence-corrected chi connectivity index (χ4v) is 4.73. The number of aromatic nitrogens is 2. The van der Waals surface area contributed by atoms with Gasteiger partial charge in [-0.15, -0.1) is 0 Å². The number of ether oxygens (including phenoxy) is 1. The topological polar surface area (TPSA) is 96.3 Å². The highest BCUT2D eigenvalue weighted by molar-refractivity contribution is 5.93. The Morgan fingerprint density at radius 1 is 1.07 bits per heavy atom. The fourth-order valence-electron chi connectivity index (χ4n) is 4.73. The molecule has 0 spiro atoms. The van der Waals surface area contributed by atoms with Gasteiger partial charge in [-0.1, -0.05) is 49.6 Å². The number of nitrogens with zero attached hydrogens (tertiary/aromatic N) is 2. The van der Waals surface area contributed by atoms with Crippen molar-refractivity contribution >= 4 is 11.7 Å². The largest absolute Gasteiger partial charge is 0.440 e. The fraction of sp³-hybridized carbons (Fsp3) is 0.409. The molecule has 152 valence electrons. The summed E-state index contributed by atoms with van der Waals surface area (Å²) in [4.78, 5) is 38.9. The molecular weight excluding hydrogens is 370 g/mol. The summed E-state index contributed by atoms with van der Waals surface area (Å²) in [7, 11) is 2.95. The van der Waals surface area contributed by atoms with Gasteiger partial charge < -0.3 is 10.5 Å². The van der Waals surface area contributed by atoms with E-state index in [4.69, 9.17) is 10.5 Å². The Labute approximate surface area is 168 Å². The number of carbonyl (C=O) groups excluding carboxylic acids is 1. The molecule has 1 saturated carbocycles. The SMILES string of the molecule is Cn1c2c(c(=O)n(C)c1=O)C(C(N)=O)(C1CCCCC1)C=C(c1ccccc1)O2. The summed E-state index contributed by atoms with van der Waals surface area (Å²) in [5.74, 6) is -0.173. The lowest BCUT2D eigenvalue weighted by Crippen LogP contribution is -2.54. The van der Waals surface area contributed by atoms with E-state index in [2.05, 4.69) is 0 Å². The molecular formula is C22H25N3O4. The normalized spacial score (nSPS) is 21.8. The maximum Gasteiger partial charge on any atom is 0.333 e. The van der Waals surface area contributed by atoms with E-state index in [1.165, 1.54) is 11.6 Å². The van der Waals surface area contributed by atoms with Crippen LogP contribution in [0.4, 0.5) is 0 Å². The zero-order valence-electron chi connectivity index (χ0n) is 16.7. The molecule has 0 saturated heterocycles. The van der Waals surface area contributed by atoms with Gasteiger partial charge in [0.2, 0.25) is 11.8 Å². The molecule has 2 aliphatic rings. The minimum atomic E-state index is -1.32. The minimum Gasteiger partial charge on any atom is -0.440 e. The summed E-state index contributed by atoms with van der Waals surface area (Å²) in [6.45, 7) is 0. The van der Waals surface area contributed by atoms with Crippen molar-refractivity contribution in [2.75, 3.05) is 0 Å². The van der Waals surface area contributed by atoms with Crippen LogP contribution in [0.3, 0.4) is 0 Å². The summed E-state index contributed by atoms with van der Waals surface area (Å²) in [6, 6.07) is 9.34. The van der Waals surface area contributed by atoms with Gasteiger partial charge in [0.05, 0.1) is 5.56 Å². The first-order valence-electron chi connectivity index (χ1n) is 9.94. The van der Waals surface area contributed by atoms with Gasteiger partial charge in [0, 0.05) is 19.7 Å². The number of amides is 1. The summed E-state index contributed by atoms with van der Waals surface area (Å²) >= 11 is 0. The molecule has 29 heavy (non-hydrogen) atoms. The second-order valence-corrected chi connectivity index (χ2v) is 7.93. The van der Waals surface area contributed by atoms with E-state index in [0.717, 1.165) is 42.2 Å². The second kappa shape index (κ2) is 7.06. The molecule has 1 atom stereocenters. The maximum atomic E-state index is 13.2. The predicted molar refractivity (Wildman–Crippen MR) is 109 cm³/mol. The zero-order valence-corrected chi connectivity index (χ0v) is 16.7. The molecule has 2 heterocycles. The molecule has 1 fully saturated rings. The van der Waals surface area contributed by atoms with Crippen LogP contribution in [-0.2, 0) is 24.3 Å². The molecule has 7 heteroatoms. The van der Waals surface area contributed by atoms with Crippen molar-refractivity contribution in [2.45, 2.75) is 37.5 Å². The van der Waals surface area contributed by atoms with Crippen LogP contribution in [0.1, 0.15) is 43.2 Å². The summed E-state index contributed by atoms with van der Waals surface area (Å²) < 4.78 is 8.37. The Kier molecular flexibility index (Phi) is 4.68. The maximum absolute atomic E-state index is 13.2. The van der Waals surface area contributed by atoms with Crippen LogP contribution in [0.2, 0.25) is 0 Å². The number of nitrogens with two attached hydrogens (primary N) is 1. The highest BCUT2D eigenvalue weighted by Gasteiger charge is 2.52. The van der Waals surface area contributed by atoms with Crippen molar-refractivity contribution < 1.29 is 9.53 Å². The van der Waals surface area contributed by atoms with Crippen molar-refractivity contribution in [1.82, 2.24) is 9.13 Å². The van der Waals surface area contributed by atoms with E-state index in [0.29, 0.717) is 5.76 Å². The van der Waals surface area contributed by atoms with Gasteiger partial charge in [-0.25, -0.2) is 4.79 Å². The van der Waals surface area contributed by atoms with Crippen LogP contribution in [0.5, 0.6) is 5.88 Å². The van der Waals surface area contributed by atoms with Crippen LogP contribution >= 0.6 is 0 Å². The third kappa shape index (κ3) is 2.84. The molecule has 1 unspecified atom stereocenters. The van der Waals surface area contributed by atoms with Gasteiger partial charge in [-0.3, -0.25) is 18.7 Å². The van der Waals surface area contributed by atoms with E-state index < -0.39 is 22.6 Å². The Hall–Kier alpha value is -3.09. The van der Waals surface area contributed by atoms with Gasteiger partial charge in [0.1, 0.15) is 11.2 Å². The first kappa shape index (κ1) is 19.2. The minimum absolute atomic E-state index is 0.101. The van der Waals surface area contributed by atoms with Crippen molar-refractivity contribution in [3.8, 4) is 5.88 Å². The van der Waals surface area contributed by atoms with E-state index in [1.807, 2.05) is 30.3 Å². The van der Waals surface area contributed by atoms with Crippen LogP contribution in [0, 0.1) is 5.92 Å². The lowest BCUT2D eigenvalue weighted by atomic mass is 9.63. The number of rotatable bonds is 3. The predicted octanol–water partition coefficient (Wildman–Crippen LogP) is 1.82. The molecule has 7 nitrogen and oxygen atoms in total. The molecule has 4 rings (SSSR count). The Morgan fingerprint density at radius 2 is 1.72 bits per heavy atom.